The number of fused-ring (bicyclic) bond motifs is 3. The van der Waals surface area contributed by atoms with Gasteiger partial charge in [0, 0.05) is 38.2 Å². The number of ether oxygens (including phenoxy) is 1. The van der Waals surface area contributed by atoms with Gasteiger partial charge in [0.05, 0.1) is 6.33 Å². The van der Waals surface area contributed by atoms with Crippen LogP contribution in [0, 0.1) is 0 Å². The number of benzene rings is 2. The van der Waals surface area contributed by atoms with E-state index in [1.807, 2.05) is 24.3 Å². The number of hydrogen-bond donors (Lipinski definition) is 4. The molecule has 1 atom stereocenters. The molecule has 0 unspecified atom stereocenters. The van der Waals surface area contributed by atoms with Crippen LogP contribution in [0.5, 0.6) is 0 Å². The number of carbonyl (C=O) groups is 3. The van der Waals surface area contributed by atoms with Gasteiger partial charge in [-0.2, -0.15) is 0 Å². The van der Waals surface area contributed by atoms with Crippen LogP contribution in [0.15, 0.2) is 61.1 Å². The summed E-state index contributed by atoms with van der Waals surface area (Å²) in [5, 5.41) is 23.0. The third-order valence-corrected chi connectivity index (χ3v) is 5.87. The number of aliphatic carboxylic acids is 1. The van der Waals surface area contributed by atoms with E-state index in [-0.39, 0.29) is 37.8 Å². The van der Waals surface area contributed by atoms with Crippen LogP contribution in [0.2, 0.25) is 0 Å². The fraction of sp³-hybridized carbons (Fsp3) is 0.280. The van der Waals surface area contributed by atoms with Gasteiger partial charge in [-0.15, -0.1) is 0 Å². The van der Waals surface area contributed by atoms with Crippen molar-refractivity contribution >= 4 is 18.0 Å². The van der Waals surface area contributed by atoms with Gasteiger partial charge >= 0.3 is 12.1 Å². The van der Waals surface area contributed by atoms with Crippen LogP contribution in [-0.4, -0.2) is 63.5 Å². The van der Waals surface area contributed by atoms with Crippen LogP contribution < -0.4 is 10.6 Å². The molecule has 4 rings (SSSR count). The second-order valence-corrected chi connectivity index (χ2v) is 8.13. The van der Waals surface area contributed by atoms with Crippen molar-refractivity contribution < 1.29 is 29.3 Å². The number of imidazole rings is 1. The average Bonchev–Trinajstić information content (AvgIpc) is 3.45. The molecule has 0 bridgehead atoms. The predicted octanol–water partition coefficient (Wildman–Crippen LogP) is 1.99. The summed E-state index contributed by atoms with van der Waals surface area (Å²) < 4.78 is 7.09. The Morgan fingerprint density at radius 1 is 1.06 bits per heavy atom. The smallest absolute Gasteiger partial charge is 0.407 e. The standard InChI is InChI=1S/C25H26N4O6/c30-12-9-21(24(32)33)28-23(31)22-13-29(15-27-22)11-10-26-25(34)35-14-20-18-7-3-1-5-16(18)17-6-2-4-8-19(17)20/h1-8,13,15,20-21,30H,9-12,14H2,(H,26,34)(H,28,31)(H,32,33)/t21-/m0/s1. The molecule has 0 aliphatic heterocycles. The number of carboxylic acids is 1. The summed E-state index contributed by atoms with van der Waals surface area (Å²) in [4.78, 5) is 39.6. The highest BCUT2D eigenvalue weighted by molar-refractivity contribution is 5.94. The minimum absolute atomic E-state index is 0.0247. The van der Waals surface area contributed by atoms with E-state index in [1.54, 1.807) is 4.57 Å². The summed E-state index contributed by atoms with van der Waals surface area (Å²) in [6.45, 7) is 0.431. The lowest BCUT2D eigenvalue weighted by Crippen LogP contribution is -2.41. The number of amides is 2. The van der Waals surface area contributed by atoms with Crippen molar-refractivity contribution in [2.24, 2.45) is 0 Å². The minimum atomic E-state index is -1.24. The van der Waals surface area contributed by atoms with Gasteiger partial charge in [-0.3, -0.25) is 4.79 Å². The SMILES string of the molecule is O=C(NCCn1cnc(C(=O)N[C@@H](CCO)C(=O)O)c1)OCC1c2ccccc2-c2ccccc21. The summed E-state index contributed by atoms with van der Waals surface area (Å²) in [5.74, 6) is -1.92. The number of carboxylic acid groups (broad SMARTS) is 1. The average molecular weight is 479 g/mol. The lowest BCUT2D eigenvalue weighted by atomic mass is 9.98. The van der Waals surface area contributed by atoms with Gasteiger partial charge in [0.2, 0.25) is 0 Å². The van der Waals surface area contributed by atoms with Gasteiger partial charge in [0.1, 0.15) is 18.3 Å². The molecular weight excluding hydrogens is 452 g/mol. The molecule has 2 amide bonds. The predicted molar refractivity (Wildman–Crippen MR) is 126 cm³/mol. The Labute approximate surface area is 201 Å². The first-order valence-electron chi connectivity index (χ1n) is 11.2. The first-order valence-corrected chi connectivity index (χ1v) is 11.2. The van der Waals surface area contributed by atoms with Gasteiger partial charge in [-0.25, -0.2) is 14.6 Å². The van der Waals surface area contributed by atoms with Crippen molar-refractivity contribution in [2.75, 3.05) is 19.8 Å². The van der Waals surface area contributed by atoms with Crippen molar-refractivity contribution in [3.05, 3.63) is 77.9 Å². The molecule has 1 heterocycles. The molecular formula is C25H26N4O6. The molecule has 0 saturated heterocycles. The lowest BCUT2D eigenvalue weighted by molar-refractivity contribution is -0.139. The first kappa shape index (κ1) is 24.0. The van der Waals surface area contributed by atoms with Crippen molar-refractivity contribution in [1.29, 1.82) is 0 Å². The Morgan fingerprint density at radius 2 is 1.71 bits per heavy atom. The van der Waals surface area contributed by atoms with E-state index in [4.69, 9.17) is 14.9 Å². The normalized spacial score (nSPS) is 12.9. The third-order valence-electron chi connectivity index (χ3n) is 5.87. The molecule has 10 nitrogen and oxygen atoms in total. The number of nitrogens with zero attached hydrogens (tertiary/aromatic N) is 2. The molecule has 0 saturated carbocycles. The highest BCUT2D eigenvalue weighted by Gasteiger charge is 2.29. The van der Waals surface area contributed by atoms with Gasteiger partial charge in [0.25, 0.3) is 5.91 Å². The van der Waals surface area contributed by atoms with Gasteiger partial charge in [0.15, 0.2) is 0 Å². The number of aromatic nitrogens is 2. The lowest BCUT2D eigenvalue weighted by Gasteiger charge is -2.14. The van der Waals surface area contributed by atoms with Gasteiger partial charge < -0.3 is 30.2 Å². The zero-order valence-electron chi connectivity index (χ0n) is 18.9. The van der Waals surface area contributed by atoms with Crippen molar-refractivity contribution in [3.8, 4) is 11.1 Å². The van der Waals surface area contributed by atoms with Crippen LogP contribution >= 0.6 is 0 Å². The van der Waals surface area contributed by atoms with E-state index in [1.165, 1.54) is 12.5 Å². The van der Waals surface area contributed by atoms with E-state index in [9.17, 15) is 14.4 Å². The molecule has 2 aromatic carbocycles. The maximum atomic E-state index is 12.3. The zero-order chi connectivity index (χ0) is 24.8. The highest BCUT2D eigenvalue weighted by atomic mass is 16.5. The Hall–Kier alpha value is -4.18. The summed E-state index contributed by atoms with van der Waals surface area (Å²) in [6.07, 6.45) is 2.22. The molecule has 1 aliphatic rings. The number of alkyl carbamates (subject to hydrolysis) is 1. The minimum Gasteiger partial charge on any atom is -0.480 e. The fourth-order valence-electron chi connectivity index (χ4n) is 4.15. The van der Waals surface area contributed by atoms with Crippen LogP contribution in [0.4, 0.5) is 4.79 Å². The molecule has 35 heavy (non-hydrogen) atoms. The summed E-state index contributed by atoms with van der Waals surface area (Å²) in [7, 11) is 0. The van der Waals surface area contributed by atoms with E-state index in [2.05, 4.69) is 39.9 Å². The van der Waals surface area contributed by atoms with Crippen LogP contribution in [-0.2, 0) is 16.1 Å². The molecule has 0 spiro atoms. The number of aliphatic hydroxyl groups is 1. The Bertz CT molecular complexity index is 1180. The van der Waals surface area contributed by atoms with E-state index in [0.29, 0.717) is 6.54 Å². The number of nitrogens with one attached hydrogen (secondary N) is 2. The molecule has 1 aromatic heterocycles. The van der Waals surface area contributed by atoms with Crippen LogP contribution in [0.25, 0.3) is 11.1 Å². The van der Waals surface area contributed by atoms with Crippen molar-refractivity contribution in [3.63, 3.8) is 0 Å². The van der Waals surface area contributed by atoms with E-state index < -0.39 is 24.0 Å². The Kier molecular flexibility index (Phi) is 7.41. The number of hydrogen-bond acceptors (Lipinski definition) is 6. The van der Waals surface area contributed by atoms with Crippen LogP contribution in [0.1, 0.15) is 34.0 Å². The second kappa shape index (κ2) is 10.8. The maximum absolute atomic E-state index is 12.3. The second-order valence-electron chi connectivity index (χ2n) is 8.13. The summed E-state index contributed by atoms with van der Waals surface area (Å²) >= 11 is 0. The molecule has 1 aliphatic carbocycles. The third kappa shape index (κ3) is 5.49. The number of aliphatic hydroxyl groups excluding tert-OH is 1. The fourth-order valence-corrected chi connectivity index (χ4v) is 4.15. The molecule has 0 fully saturated rings. The van der Waals surface area contributed by atoms with Gasteiger partial charge in [-0.1, -0.05) is 48.5 Å². The Balaban J connectivity index is 1.25. The van der Waals surface area contributed by atoms with Crippen LogP contribution in [0.3, 0.4) is 0 Å². The maximum Gasteiger partial charge on any atom is 0.407 e. The summed E-state index contributed by atoms with van der Waals surface area (Å²) in [5.41, 5.74) is 4.62. The highest BCUT2D eigenvalue weighted by Crippen LogP contribution is 2.44. The van der Waals surface area contributed by atoms with Gasteiger partial charge in [-0.05, 0) is 22.3 Å². The number of rotatable bonds is 10. The molecule has 0 radical (unpaired) electrons. The van der Waals surface area contributed by atoms with E-state index >= 15 is 0 Å². The topological polar surface area (TPSA) is 143 Å². The zero-order valence-corrected chi connectivity index (χ0v) is 18.9. The monoisotopic (exact) mass is 478 g/mol. The molecule has 10 heteroatoms. The van der Waals surface area contributed by atoms with Crippen molar-refractivity contribution in [2.45, 2.75) is 24.9 Å². The number of carbonyl (C=O) groups excluding carboxylic acids is 2. The molecule has 182 valence electrons. The molecule has 3 aromatic rings. The van der Waals surface area contributed by atoms with Crippen molar-refractivity contribution in [1.82, 2.24) is 20.2 Å². The van der Waals surface area contributed by atoms with E-state index in [0.717, 1.165) is 22.3 Å². The largest absolute Gasteiger partial charge is 0.480 e. The molecule has 4 N–H and O–H groups in total. The Morgan fingerprint density at radius 3 is 2.34 bits per heavy atom. The quantitative estimate of drug-likeness (QED) is 0.349. The summed E-state index contributed by atoms with van der Waals surface area (Å²) in [6, 6.07) is 15.0. The first-order chi connectivity index (χ1) is 17.0.